The Morgan fingerprint density at radius 1 is 0.600 bits per heavy atom. The standard InChI is InChI=1S/C32H34N6O7S2.C26H27N5O5S2.C6H9NO3/c1-2-18-16-32(18,31(42)37-47(43,44)20-12-13-20)36-28(40)24-15-19(17-38(24)30(41)23-9-5-11-26(39)33-23)45-29-27(25-10-6-14-46-25)34-21-7-3-4-8-22(21)35-29;1-2-15-13-26(15,25(33)31-38(34,35)17-9-10-17)30-23(32)20-12-16(14-27-20)36-24-22(21-8-5-11-37-21)28-18-6-3-4-7-19(18)29-24;8-5-3-1-2-4(7-5)6(9)10/h2-4,6-8,10,14,18-20,23-24H,1,5,9,11-13,15-17H2,(H,33,39)(H,36,40)(H,37,42);2-8,11,15-17,20,27H,1,9-10,12-14H2,(H,30,32)(H,31,33);4H,1-3H2,(H,7,8)(H,9,10)/t18-,19-,23+,24+,32-;15-,16-,20+,26-;4-/m110/s1. The fourth-order valence-electron chi connectivity index (χ4n) is 12.2. The maximum atomic E-state index is 14.0. The number of para-hydroxylation sites is 4. The number of ether oxygens (including phenoxy) is 2. The van der Waals surface area contributed by atoms with Gasteiger partial charge < -0.3 is 46.1 Å². The van der Waals surface area contributed by atoms with Crippen molar-refractivity contribution in [3.8, 4) is 32.9 Å². The lowest BCUT2D eigenvalue weighted by Gasteiger charge is -2.31. The van der Waals surface area contributed by atoms with Gasteiger partial charge in [-0.3, -0.25) is 43.0 Å². The maximum absolute atomic E-state index is 14.0. The van der Waals surface area contributed by atoms with Crippen molar-refractivity contribution in [2.24, 2.45) is 11.8 Å². The molecular weight excluding hydrogens is 1310 g/mol. The number of nitrogens with zero attached hydrogens (tertiary/aromatic N) is 5. The van der Waals surface area contributed by atoms with Crippen molar-refractivity contribution in [3.05, 3.63) is 109 Å². The summed E-state index contributed by atoms with van der Waals surface area (Å²) in [6, 6.07) is 19.5. The molecule has 8 fully saturated rings. The predicted octanol–water partition coefficient (Wildman–Crippen LogP) is 3.92. The van der Waals surface area contributed by atoms with Gasteiger partial charge in [0.15, 0.2) is 0 Å². The monoisotopic (exact) mass is 1370 g/mol. The zero-order valence-corrected chi connectivity index (χ0v) is 54.5. The highest BCUT2D eigenvalue weighted by atomic mass is 32.2. The van der Waals surface area contributed by atoms with E-state index < -0.39 is 107 Å². The van der Waals surface area contributed by atoms with Gasteiger partial charge in [-0.1, -0.05) is 48.6 Å². The van der Waals surface area contributed by atoms with Crippen LogP contribution in [0.5, 0.6) is 11.8 Å². The highest BCUT2D eigenvalue weighted by Gasteiger charge is 2.63. The van der Waals surface area contributed by atoms with Crippen molar-refractivity contribution in [3.63, 3.8) is 0 Å². The number of rotatable bonds is 20. The Hall–Kier alpha value is -8.78. The van der Waals surface area contributed by atoms with Crippen molar-refractivity contribution < 1.29 is 69.8 Å². The third-order valence-electron chi connectivity index (χ3n) is 18.0. The van der Waals surface area contributed by atoms with Gasteiger partial charge in [0.1, 0.15) is 52.8 Å². The van der Waals surface area contributed by atoms with Crippen LogP contribution in [0.4, 0.5) is 0 Å². The Labute approximate surface area is 554 Å². The molecule has 4 saturated carbocycles. The molecule has 4 aliphatic carbocycles. The molecule has 6 aromatic rings. The number of carboxylic acids is 1. The second kappa shape index (κ2) is 27.1. The van der Waals surface area contributed by atoms with Gasteiger partial charge in [0, 0.05) is 44.1 Å². The highest BCUT2D eigenvalue weighted by molar-refractivity contribution is 7.91. The first-order chi connectivity index (χ1) is 45.6. The Morgan fingerprint density at radius 3 is 1.49 bits per heavy atom. The molecule has 27 nitrogen and oxygen atoms in total. The topological polar surface area (TPSA) is 383 Å². The Morgan fingerprint density at radius 2 is 1.06 bits per heavy atom. The van der Waals surface area contributed by atoms with E-state index in [0.717, 1.165) is 15.3 Å². The first kappa shape index (κ1) is 66.2. The van der Waals surface area contributed by atoms with Crippen LogP contribution in [-0.4, -0.2) is 165 Å². The summed E-state index contributed by atoms with van der Waals surface area (Å²) in [5.74, 6) is -4.48. The van der Waals surface area contributed by atoms with Crippen molar-refractivity contribution in [2.75, 3.05) is 13.1 Å². The summed E-state index contributed by atoms with van der Waals surface area (Å²) < 4.78 is 66.8. The molecule has 14 rings (SSSR count). The first-order valence-electron chi connectivity index (χ1n) is 31.4. The molecule has 31 heteroatoms. The number of hydrogen-bond donors (Lipinski definition) is 8. The summed E-state index contributed by atoms with van der Waals surface area (Å²) in [6.07, 6.45) is 7.92. The van der Waals surface area contributed by atoms with Gasteiger partial charge >= 0.3 is 5.97 Å². The smallest absolute Gasteiger partial charge is 0.326 e. The van der Waals surface area contributed by atoms with E-state index in [1.165, 1.54) is 33.6 Å². The van der Waals surface area contributed by atoms with Crippen molar-refractivity contribution in [1.29, 1.82) is 0 Å². The van der Waals surface area contributed by atoms with Gasteiger partial charge in [-0.05, 0) is 111 Å². The van der Waals surface area contributed by atoms with Crippen molar-refractivity contribution >= 4 is 112 Å². The van der Waals surface area contributed by atoms with Gasteiger partial charge in [0.05, 0.1) is 54.9 Å². The highest BCUT2D eigenvalue weighted by Crippen LogP contribution is 2.47. The number of hydrogen-bond acceptors (Lipinski definition) is 21. The van der Waals surface area contributed by atoms with Crippen molar-refractivity contribution in [2.45, 2.75) is 148 Å². The second-order valence-electron chi connectivity index (χ2n) is 24.8. The van der Waals surface area contributed by atoms with Crippen LogP contribution in [0, 0.1) is 11.8 Å². The average molecular weight is 1380 g/mol. The Balaban J connectivity index is 0.000000161. The molecule has 8 N–H and O–H groups in total. The number of likely N-dealkylation sites (tertiary alicyclic amines) is 1. The summed E-state index contributed by atoms with van der Waals surface area (Å²) in [4.78, 5) is 123. The lowest BCUT2D eigenvalue weighted by molar-refractivity contribution is -0.143. The summed E-state index contributed by atoms with van der Waals surface area (Å²) in [5.41, 5.74) is 1.13. The third-order valence-corrected chi connectivity index (χ3v) is 23.3. The quantitative estimate of drug-likeness (QED) is 0.0502. The van der Waals surface area contributed by atoms with E-state index in [0.29, 0.717) is 117 Å². The number of sulfonamides is 2. The summed E-state index contributed by atoms with van der Waals surface area (Å²) >= 11 is 3.01. The number of nitrogens with one attached hydrogen (secondary N) is 7. The maximum Gasteiger partial charge on any atom is 0.326 e. The number of piperidine rings is 2. The van der Waals surface area contributed by atoms with Crippen LogP contribution in [0.25, 0.3) is 43.2 Å². The molecule has 500 valence electrons. The molecule has 8 aliphatic rings. The predicted molar refractivity (Wildman–Crippen MR) is 349 cm³/mol. The lowest BCUT2D eigenvalue weighted by Crippen LogP contribution is -2.58. The number of fused-ring (bicyclic) bond motifs is 2. The summed E-state index contributed by atoms with van der Waals surface area (Å²) in [6.45, 7) is 7.90. The molecule has 4 aliphatic heterocycles. The van der Waals surface area contributed by atoms with Crippen LogP contribution in [0.2, 0.25) is 0 Å². The number of carbonyl (C=O) groups excluding carboxylic acids is 7. The van der Waals surface area contributed by atoms with E-state index in [-0.39, 0.29) is 55.0 Å². The van der Waals surface area contributed by atoms with Crippen molar-refractivity contribution in [1.82, 2.24) is 60.9 Å². The van der Waals surface area contributed by atoms with E-state index in [2.05, 4.69) is 49.2 Å². The van der Waals surface area contributed by atoms with E-state index in [1.54, 1.807) is 6.08 Å². The number of aromatic nitrogens is 4. The van der Waals surface area contributed by atoms with E-state index in [1.807, 2.05) is 83.6 Å². The minimum atomic E-state index is -3.86. The number of thiophene rings is 2. The number of benzene rings is 2. The van der Waals surface area contributed by atoms with Crippen LogP contribution < -0.4 is 45.5 Å². The van der Waals surface area contributed by atoms with Crippen LogP contribution in [0.3, 0.4) is 0 Å². The van der Waals surface area contributed by atoms with Gasteiger partial charge in [-0.2, -0.15) is 0 Å². The summed E-state index contributed by atoms with van der Waals surface area (Å²) in [7, 11) is -7.59. The molecule has 4 aromatic heterocycles. The van der Waals surface area contributed by atoms with Crippen LogP contribution >= 0.6 is 22.7 Å². The molecule has 95 heavy (non-hydrogen) atoms. The zero-order chi connectivity index (χ0) is 67.0. The fraction of sp³-hybridized carbons (Fsp3) is 0.438. The molecule has 0 bridgehead atoms. The Kier molecular flexibility index (Phi) is 18.9. The third kappa shape index (κ3) is 14.7. The first-order valence-corrected chi connectivity index (χ1v) is 36.2. The van der Waals surface area contributed by atoms with Crippen LogP contribution in [-0.2, 0) is 58.4 Å². The fourth-order valence-corrected chi connectivity index (χ4v) is 16.3. The molecule has 0 unspecified atom stereocenters. The molecule has 8 heterocycles. The second-order valence-corrected chi connectivity index (χ2v) is 30.6. The van der Waals surface area contributed by atoms with Gasteiger partial charge in [-0.25, -0.2) is 41.6 Å². The van der Waals surface area contributed by atoms with Crippen LogP contribution in [0.15, 0.2) is 109 Å². The van der Waals surface area contributed by atoms with Crippen LogP contribution in [0.1, 0.15) is 89.9 Å². The molecule has 7 amide bonds. The summed E-state index contributed by atoms with van der Waals surface area (Å²) in [5, 5.41) is 25.0. The number of amides is 7. The molecule has 10 atom stereocenters. The molecule has 0 spiro atoms. The van der Waals surface area contributed by atoms with Gasteiger partial charge in [0.2, 0.25) is 61.3 Å². The molecule has 4 saturated heterocycles. The SMILES string of the molecule is C=C[C@@H]1C[C@]1(NC(=O)[C@@H]1C[C@@H](Oc2nc3ccccc3nc2-c2cccs2)CN1)C(=O)NS(=O)(=O)C1CC1.C=C[C@@H]1C[C@]1(NC(=O)[C@@H]1C[C@@H](Oc2nc3ccccc3nc2-c2cccs2)CN1C(=O)[C@@H]1CCCC(=O)N1)C(=O)NS(=O)(=O)C1CC1.O=C1CCC[C@@H](C(=O)O)N1. The molecule has 2 aromatic carbocycles. The number of aliphatic carboxylic acids is 1. The van der Waals surface area contributed by atoms with Gasteiger partial charge in [-0.15, -0.1) is 35.8 Å². The van der Waals surface area contributed by atoms with E-state index in [4.69, 9.17) is 34.5 Å². The van der Waals surface area contributed by atoms with E-state index in [9.17, 15) is 55.2 Å². The average Bonchev–Trinajstić information content (AvgIpc) is 1.59. The molecular formula is C64H70N12O15S4. The van der Waals surface area contributed by atoms with Gasteiger partial charge in [0.25, 0.3) is 11.8 Å². The lowest BCUT2D eigenvalue weighted by atomic mass is 10.0. The van der Waals surface area contributed by atoms with E-state index >= 15 is 0 Å². The zero-order valence-electron chi connectivity index (χ0n) is 51.3. The number of carbonyl (C=O) groups is 8. The molecule has 0 radical (unpaired) electrons. The Bertz CT molecular complexity index is 4260. The largest absolute Gasteiger partial charge is 0.480 e. The minimum Gasteiger partial charge on any atom is -0.480 e. The normalized spacial score (nSPS) is 26.8. The minimum absolute atomic E-state index is 0.0157. The number of carboxylic acid groups (broad SMARTS) is 1.